The summed E-state index contributed by atoms with van der Waals surface area (Å²) in [6.45, 7) is 1.93. The van der Waals surface area contributed by atoms with E-state index in [2.05, 4.69) is 10.3 Å². The predicted octanol–water partition coefficient (Wildman–Crippen LogP) is 2.59. The maximum Gasteiger partial charge on any atom is 0.253 e. The van der Waals surface area contributed by atoms with Gasteiger partial charge in [0.25, 0.3) is 5.91 Å². The van der Waals surface area contributed by atoms with Crippen LogP contribution in [0, 0.1) is 0 Å². The van der Waals surface area contributed by atoms with Gasteiger partial charge in [-0.1, -0.05) is 12.1 Å². The molecule has 1 N–H and O–H groups in total. The van der Waals surface area contributed by atoms with Crippen molar-refractivity contribution in [2.75, 3.05) is 14.2 Å². The largest absolute Gasteiger partial charge is 0.497 e. The molecule has 0 aliphatic rings. The van der Waals surface area contributed by atoms with Crippen LogP contribution >= 0.6 is 0 Å². The lowest BCUT2D eigenvalue weighted by atomic mass is 10.1. The molecule has 0 saturated heterocycles. The Kier molecular flexibility index (Phi) is 4.77. The average Bonchev–Trinajstić information content (AvgIpc) is 2.55. The predicted molar refractivity (Wildman–Crippen MR) is 79.7 cm³/mol. The molecular weight excluding hydrogens is 268 g/mol. The van der Waals surface area contributed by atoms with Crippen molar-refractivity contribution in [2.24, 2.45) is 0 Å². The van der Waals surface area contributed by atoms with Crippen molar-refractivity contribution in [2.45, 2.75) is 13.0 Å². The van der Waals surface area contributed by atoms with Gasteiger partial charge in [0.05, 0.1) is 25.8 Å². The highest BCUT2D eigenvalue weighted by molar-refractivity contribution is 5.94. The van der Waals surface area contributed by atoms with E-state index in [4.69, 9.17) is 9.47 Å². The Morgan fingerprint density at radius 2 is 1.81 bits per heavy atom. The van der Waals surface area contributed by atoms with Crippen LogP contribution in [0.2, 0.25) is 0 Å². The molecule has 1 amide bonds. The highest BCUT2D eigenvalue weighted by atomic mass is 16.5. The molecule has 0 fully saturated rings. The number of nitrogens with one attached hydrogen (secondary N) is 1. The topological polar surface area (TPSA) is 60.5 Å². The fourth-order valence-corrected chi connectivity index (χ4v) is 1.89. The zero-order valence-electron chi connectivity index (χ0n) is 12.3. The molecule has 0 aliphatic heterocycles. The fraction of sp³-hybridized carbons (Fsp3) is 0.250. The van der Waals surface area contributed by atoms with Gasteiger partial charge in [0.15, 0.2) is 0 Å². The van der Waals surface area contributed by atoms with E-state index in [0.29, 0.717) is 11.4 Å². The number of hydrogen-bond donors (Lipinski definition) is 1. The average molecular weight is 286 g/mol. The lowest BCUT2D eigenvalue weighted by molar-refractivity contribution is 0.0939. The molecule has 1 unspecified atom stereocenters. The van der Waals surface area contributed by atoms with Gasteiger partial charge in [0.2, 0.25) is 5.88 Å². The number of methoxy groups -OCH3 is 2. The van der Waals surface area contributed by atoms with E-state index in [1.165, 1.54) is 13.3 Å². The van der Waals surface area contributed by atoms with Crippen molar-refractivity contribution in [1.82, 2.24) is 10.3 Å². The molecule has 110 valence electrons. The number of rotatable bonds is 5. The van der Waals surface area contributed by atoms with Crippen molar-refractivity contribution < 1.29 is 14.3 Å². The maximum atomic E-state index is 12.1. The lowest BCUT2D eigenvalue weighted by Gasteiger charge is -2.14. The number of benzene rings is 1. The Morgan fingerprint density at radius 3 is 2.33 bits per heavy atom. The number of carbonyl (C=O) groups is 1. The zero-order chi connectivity index (χ0) is 15.2. The van der Waals surface area contributed by atoms with Crippen molar-refractivity contribution in [3.63, 3.8) is 0 Å². The Labute approximate surface area is 123 Å². The highest BCUT2D eigenvalue weighted by Gasteiger charge is 2.12. The van der Waals surface area contributed by atoms with E-state index in [0.717, 1.165) is 11.3 Å². The van der Waals surface area contributed by atoms with Crippen LogP contribution in [0.3, 0.4) is 0 Å². The van der Waals surface area contributed by atoms with Crippen LogP contribution in [-0.2, 0) is 0 Å². The number of carbonyl (C=O) groups excluding carboxylic acids is 1. The standard InChI is InChI=1S/C16H18N2O3/c1-11(12-4-7-14(20-2)8-5-12)18-16(19)13-6-9-15(21-3)17-10-13/h4-11H,1-3H3,(H,18,19). The summed E-state index contributed by atoms with van der Waals surface area (Å²) in [4.78, 5) is 16.2. The lowest BCUT2D eigenvalue weighted by Crippen LogP contribution is -2.26. The normalized spacial score (nSPS) is 11.6. The number of hydrogen-bond acceptors (Lipinski definition) is 4. The number of nitrogens with zero attached hydrogens (tertiary/aromatic N) is 1. The van der Waals surface area contributed by atoms with Gasteiger partial charge in [-0.2, -0.15) is 0 Å². The summed E-state index contributed by atoms with van der Waals surface area (Å²) in [6.07, 6.45) is 1.49. The zero-order valence-corrected chi connectivity index (χ0v) is 12.3. The first-order chi connectivity index (χ1) is 10.1. The van der Waals surface area contributed by atoms with E-state index in [1.54, 1.807) is 19.2 Å². The minimum Gasteiger partial charge on any atom is -0.497 e. The molecular formula is C16H18N2O3. The van der Waals surface area contributed by atoms with E-state index in [-0.39, 0.29) is 11.9 Å². The summed E-state index contributed by atoms with van der Waals surface area (Å²) in [6, 6.07) is 10.8. The second-order valence-electron chi connectivity index (χ2n) is 4.56. The monoisotopic (exact) mass is 286 g/mol. The van der Waals surface area contributed by atoms with Crippen molar-refractivity contribution in [3.05, 3.63) is 53.7 Å². The molecule has 0 radical (unpaired) electrons. The van der Waals surface area contributed by atoms with Crippen LogP contribution in [-0.4, -0.2) is 25.1 Å². The second kappa shape index (κ2) is 6.74. The molecule has 2 rings (SSSR count). The number of pyridine rings is 1. The van der Waals surface area contributed by atoms with Gasteiger partial charge in [-0.05, 0) is 30.7 Å². The summed E-state index contributed by atoms with van der Waals surface area (Å²) in [5.74, 6) is 1.10. The first-order valence-corrected chi connectivity index (χ1v) is 6.59. The van der Waals surface area contributed by atoms with Crippen molar-refractivity contribution in [1.29, 1.82) is 0 Å². The molecule has 1 atom stereocenters. The highest BCUT2D eigenvalue weighted by Crippen LogP contribution is 2.17. The van der Waals surface area contributed by atoms with Crippen molar-refractivity contribution in [3.8, 4) is 11.6 Å². The van der Waals surface area contributed by atoms with E-state index in [1.807, 2.05) is 31.2 Å². The molecule has 1 aromatic carbocycles. The minimum absolute atomic E-state index is 0.106. The van der Waals surface area contributed by atoms with Crippen LogP contribution in [0.15, 0.2) is 42.6 Å². The van der Waals surface area contributed by atoms with E-state index in [9.17, 15) is 4.79 Å². The third-order valence-corrected chi connectivity index (χ3v) is 3.17. The van der Waals surface area contributed by atoms with E-state index < -0.39 is 0 Å². The Morgan fingerprint density at radius 1 is 1.10 bits per heavy atom. The SMILES string of the molecule is COc1ccc(C(C)NC(=O)c2ccc(OC)nc2)cc1. The Hall–Kier alpha value is -2.56. The number of aromatic nitrogens is 1. The molecule has 0 bridgehead atoms. The molecule has 1 heterocycles. The summed E-state index contributed by atoms with van der Waals surface area (Å²) in [5.41, 5.74) is 1.50. The molecule has 5 nitrogen and oxygen atoms in total. The quantitative estimate of drug-likeness (QED) is 0.917. The second-order valence-corrected chi connectivity index (χ2v) is 4.56. The van der Waals surface area contributed by atoms with Gasteiger partial charge in [0, 0.05) is 12.3 Å². The molecule has 21 heavy (non-hydrogen) atoms. The van der Waals surface area contributed by atoms with Gasteiger partial charge < -0.3 is 14.8 Å². The summed E-state index contributed by atoms with van der Waals surface area (Å²) in [5, 5.41) is 2.93. The molecule has 0 saturated carbocycles. The molecule has 2 aromatic rings. The maximum absolute atomic E-state index is 12.1. The van der Waals surface area contributed by atoms with Gasteiger partial charge in [0.1, 0.15) is 5.75 Å². The number of amides is 1. The van der Waals surface area contributed by atoms with Crippen LogP contribution in [0.1, 0.15) is 28.9 Å². The molecule has 0 spiro atoms. The summed E-state index contributed by atoms with van der Waals surface area (Å²) in [7, 11) is 3.16. The number of ether oxygens (including phenoxy) is 2. The molecule has 0 aliphatic carbocycles. The van der Waals surface area contributed by atoms with Gasteiger partial charge in [-0.15, -0.1) is 0 Å². The molecule has 1 aromatic heterocycles. The van der Waals surface area contributed by atoms with Gasteiger partial charge in [-0.3, -0.25) is 4.79 Å². The van der Waals surface area contributed by atoms with Crippen LogP contribution < -0.4 is 14.8 Å². The van der Waals surface area contributed by atoms with E-state index >= 15 is 0 Å². The van der Waals surface area contributed by atoms with Gasteiger partial charge in [-0.25, -0.2) is 4.98 Å². The Balaban J connectivity index is 2.03. The minimum atomic E-state index is -0.173. The first kappa shape index (κ1) is 14.8. The van der Waals surface area contributed by atoms with Crippen LogP contribution in [0.25, 0.3) is 0 Å². The van der Waals surface area contributed by atoms with Crippen LogP contribution in [0.4, 0.5) is 0 Å². The Bertz CT molecular complexity index is 594. The fourth-order valence-electron chi connectivity index (χ4n) is 1.89. The third-order valence-electron chi connectivity index (χ3n) is 3.17. The summed E-state index contributed by atoms with van der Waals surface area (Å²) < 4.78 is 10.1. The van der Waals surface area contributed by atoms with Gasteiger partial charge >= 0.3 is 0 Å². The van der Waals surface area contributed by atoms with Crippen molar-refractivity contribution >= 4 is 5.91 Å². The summed E-state index contributed by atoms with van der Waals surface area (Å²) >= 11 is 0. The third kappa shape index (κ3) is 3.72. The smallest absolute Gasteiger partial charge is 0.253 e. The van der Waals surface area contributed by atoms with Crippen LogP contribution in [0.5, 0.6) is 11.6 Å². The first-order valence-electron chi connectivity index (χ1n) is 6.59. The molecule has 5 heteroatoms.